The molecule has 0 aliphatic carbocycles. The number of nitrogens with two attached hydrogens (primary N) is 1. The third-order valence-electron chi connectivity index (χ3n) is 2.70. The van der Waals surface area contributed by atoms with Crippen LogP contribution in [0.4, 0.5) is 0 Å². The van der Waals surface area contributed by atoms with Crippen LogP contribution in [0.25, 0.3) is 0 Å². The summed E-state index contributed by atoms with van der Waals surface area (Å²) in [5.74, 6) is -0.112. The highest BCUT2D eigenvalue weighted by molar-refractivity contribution is 9.10. The molecular weight excluding hydrogens is 417 g/mol. The van der Waals surface area contributed by atoms with Gasteiger partial charge in [-0.1, -0.05) is 40.2 Å². The molecule has 0 saturated carbocycles. The first kappa shape index (κ1) is 18.6. The molecule has 2 aromatic rings. The number of halogens is 1. The molecule has 126 valence electrons. The number of thiocarbonyl (C=S) groups is 1. The number of nitrogens with zero attached hydrogens (tertiary/aromatic N) is 1. The van der Waals surface area contributed by atoms with Gasteiger partial charge < -0.3 is 24.6 Å². The van der Waals surface area contributed by atoms with E-state index in [1.165, 1.54) is 18.2 Å². The summed E-state index contributed by atoms with van der Waals surface area (Å²) in [5.41, 5.74) is 9.53. The van der Waals surface area contributed by atoms with Crippen molar-refractivity contribution < 1.29 is 18.9 Å². The number of phosphoric acid groups is 1. The van der Waals surface area contributed by atoms with Gasteiger partial charge in [0.25, 0.3) is 0 Å². The Hall–Kier alpha value is -1.77. The minimum Gasteiger partial charge on any atom is -0.780 e. The smallest absolute Gasteiger partial charge is 0.184 e. The normalized spacial score (nSPS) is 11.9. The third kappa shape index (κ3) is 5.70. The summed E-state index contributed by atoms with van der Waals surface area (Å²) in [6, 6.07) is 13.2. The number of hydrogen-bond acceptors (Lipinski definition) is 6. The topological polar surface area (TPSA) is 123 Å². The van der Waals surface area contributed by atoms with Crippen LogP contribution in [0.2, 0.25) is 0 Å². The molecule has 0 fully saturated rings. The summed E-state index contributed by atoms with van der Waals surface area (Å²) in [6.07, 6.45) is 0. The number of phosphoric ester groups is 1. The lowest BCUT2D eigenvalue weighted by Gasteiger charge is -2.29. The first-order chi connectivity index (χ1) is 11.2. The molecule has 3 N–H and O–H groups in total. The Kier molecular flexibility index (Phi) is 6.09. The van der Waals surface area contributed by atoms with Gasteiger partial charge in [0.15, 0.2) is 5.11 Å². The summed E-state index contributed by atoms with van der Waals surface area (Å²) in [7, 11) is -5.15. The van der Waals surface area contributed by atoms with E-state index in [9.17, 15) is 14.4 Å². The minimum atomic E-state index is -5.15. The van der Waals surface area contributed by atoms with Gasteiger partial charge >= 0.3 is 0 Å². The van der Waals surface area contributed by atoms with Crippen molar-refractivity contribution >= 4 is 46.8 Å². The Bertz CT molecular complexity index is 840. The molecule has 0 aliphatic rings. The molecule has 0 spiro atoms. The van der Waals surface area contributed by atoms with Crippen molar-refractivity contribution in [2.24, 2.45) is 10.8 Å². The highest BCUT2D eigenvalue weighted by Gasteiger charge is 2.10. The Morgan fingerprint density at radius 1 is 1.21 bits per heavy atom. The number of hydrogen-bond donors (Lipinski definition) is 2. The van der Waals surface area contributed by atoms with Gasteiger partial charge in [0.05, 0.1) is 5.71 Å². The van der Waals surface area contributed by atoms with Gasteiger partial charge in [-0.25, -0.2) is 0 Å². The fourth-order valence-corrected chi connectivity index (χ4v) is 2.69. The van der Waals surface area contributed by atoms with Crippen LogP contribution in [0.3, 0.4) is 0 Å². The second-order valence-corrected chi connectivity index (χ2v) is 6.95. The second kappa shape index (κ2) is 7.87. The Labute approximate surface area is 151 Å². The lowest BCUT2D eigenvalue weighted by Crippen LogP contribution is -2.26. The fraction of sp³-hybridized carbons (Fsp3) is 0. The van der Waals surface area contributed by atoms with Crippen LogP contribution in [0.15, 0.2) is 58.1 Å². The number of rotatable bonds is 5. The van der Waals surface area contributed by atoms with E-state index in [-0.39, 0.29) is 10.9 Å². The van der Waals surface area contributed by atoms with E-state index < -0.39 is 7.82 Å². The first-order valence-corrected chi connectivity index (χ1v) is 9.12. The van der Waals surface area contributed by atoms with Crippen LogP contribution in [0, 0.1) is 0 Å². The highest BCUT2D eigenvalue weighted by atomic mass is 79.9. The molecule has 0 unspecified atom stereocenters. The molecule has 0 heterocycles. The Balaban J connectivity index is 2.48. The van der Waals surface area contributed by atoms with Gasteiger partial charge in [-0.3, -0.25) is 5.43 Å². The summed E-state index contributed by atoms with van der Waals surface area (Å²) in [5, 5.41) is 4.11. The standard InChI is InChI=1S/C14H13BrN3O4PS/c15-11-5-1-3-9(7-11)13(17-18-14(16)24)10-4-2-6-12(8-10)22-23(19,20)21/h1-8H,(H3,16,18,24)(H2,19,20,21)/p-2/b17-13-. The average molecular weight is 428 g/mol. The van der Waals surface area contributed by atoms with Crippen LogP contribution >= 0.6 is 36.0 Å². The van der Waals surface area contributed by atoms with Crippen molar-refractivity contribution in [3.63, 3.8) is 0 Å². The van der Waals surface area contributed by atoms with E-state index in [1.54, 1.807) is 24.3 Å². The van der Waals surface area contributed by atoms with E-state index >= 15 is 0 Å². The maximum absolute atomic E-state index is 10.8. The largest absolute Gasteiger partial charge is 0.780 e. The van der Waals surface area contributed by atoms with Crippen LogP contribution < -0.4 is 25.5 Å². The maximum Gasteiger partial charge on any atom is 0.184 e. The summed E-state index contributed by atoms with van der Waals surface area (Å²) in [4.78, 5) is 21.6. The van der Waals surface area contributed by atoms with E-state index in [0.29, 0.717) is 16.8 Å². The molecule has 2 aromatic carbocycles. The summed E-state index contributed by atoms with van der Waals surface area (Å²) < 4.78 is 16.0. The van der Waals surface area contributed by atoms with Crippen LogP contribution in [0.1, 0.15) is 11.1 Å². The predicted molar refractivity (Wildman–Crippen MR) is 94.4 cm³/mol. The molecule has 0 aliphatic heterocycles. The summed E-state index contributed by atoms with van der Waals surface area (Å²) in [6.45, 7) is 0. The zero-order valence-corrected chi connectivity index (χ0v) is 15.3. The van der Waals surface area contributed by atoms with Gasteiger partial charge in [0.1, 0.15) is 13.6 Å². The lowest BCUT2D eigenvalue weighted by molar-refractivity contribution is -0.333. The van der Waals surface area contributed by atoms with Crippen molar-refractivity contribution in [1.29, 1.82) is 0 Å². The van der Waals surface area contributed by atoms with Crippen molar-refractivity contribution in [2.75, 3.05) is 0 Å². The Morgan fingerprint density at radius 3 is 2.42 bits per heavy atom. The Morgan fingerprint density at radius 2 is 1.83 bits per heavy atom. The van der Waals surface area contributed by atoms with Gasteiger partial charge in [0, 0.05) is 15.6 Å². The quantitative estimate of drug-likeness (QED) is 0.318. The van der Waals surface area contributed by atoms with E-state index in [0.717, 1.165) is 4.47 Å². The van der Waals surface area contributed by atoms with Gasteiger partial charge in [0.2, 0.25) is 0 Å². The highest BCUT2D eigenvalue weighted by Crippen LogP contribution is 2.30. The predicted octanol–water partition coefficient (Wildman–Crippen LogP) is 1.24. The molecule has 10 heteroatoms. The SMILES string of the molecule is NC(=S)N/N=C(/c1cccc(Br)c1)c1cccc(OP(=O)([O-])[O-])c1. The molecular formula is C14H11BrN3O4PS-2. The molecule has 7 nitrogen and oxygen atoms in total. The van der Waals surface area contributed by atoms with E-state index in [4.69, 9.17) is 18.0 Å². The van der Waals surface area contributed by atoms with Gasteiger partial charge in [-0.15, -0.1) is 0 Å². The van der Waals surface area contributed by atoms with Crippen LogP contribution in [-0.4, -0.2) is 10.8 Å². The van der Waals surface area contributed by atoms with Crippen molar-refractivity contribution in [1.82, 2.24) is 5.43 Å². The van der Waals surface area contributed by atoms with E-state index in [1.807, 2.05) is 6.07 Å². The zero-order chi connectivity index (χ0) is 17.7. The zero-order valence-electron chi connectivity index (χ0n) is 12.0. The van der Waals surface area contributed by atoms with Gasteiger partial charge in [-0.2, -0.15) is 5.10 Å². The van der Waals surface area contributed by atoms with Crippen molar-refractivity contribution in [3.05, 3.63) is 64.1 Å². The number of benzene rings is 2. The molecule has 2 rings (SSSR count). The third-order valence-corrected chi connectivity index (χ3v) is 3.72. The van der Waals surface area contributed by atoms with Crippen LogP contribution in [-0.2, 0) is 4.57 Å². The number of hydrazone groups is 1. The van der Waals surface area contributed by atoms with Gasteiger partial charge in [-0.05, 0) is 36.5 Å². The average Bonchev–Trinajstić information content (AvgIpc) is 2.46. The monoisotopic (exact) mass is 427 g/mol. The van der Waals surface area contributed by atoms with E-state index in [2.05, 4.69) is 31.0 Å². The first-order valence-electron chi connectivity index (χ1n) is 6.46. The molecule has 0 amide bonds. The molecule has 0 atom stereocenters. The molecule has 24 heavy (non-hydrogen) atoms. The number of nitrogens with one attached hydrogen (secondary N) is 1. The maximum atomic E-state index is 10.8. The fourth-order valence-electron chi connectivity index (χ4n) is 1.87. The molecule has 0 saturated heterocycles. The van der Waals surface area contributed by atoms with Crippen molar-refractivity contribution in [3.8, 4) is 5.75 Å². The van der Waals surface area contributed by atoms with Crippen LogP contribution in [0.5, 0.6) is 5.75 Å². The lowest BCUT2D eigenvalue weighted by atomic mass is 10.0. The molecule has 0 aromatic heterocycles. The van der Waals surface area contributed by atoms with Crippen molar-refractivity contribution in [2.45, 2.75) is 0 Å². The summed E-state index contributed by atoms with van der Waals surface area (Å²) >= 11 is 8.11. The molecule has 0 bridgehead atoms. The minimum absolute atomic E-state index is 0.0291. The molecule has 0 radical (unpaired) electrons. The second-order valence-electron chi connectivity index (χ2n) is 4.51.